The van der Waals surface area contributed by atoms with Crippen molar-refractivity contribution < 1.29 is 4.74 Å². The van der Waals surface area contributed by atoms with Gasteiger partial charge in [-0.25, -0.2) is 0 Å². The van der Waals surface area contributed by atoms with Gasteiger partial charge in [0.05, 0.1) is 28.6 Å². The van der Waals surface area contributed by atoms with Gasteiger partial charge in [-0.2, -0.15) is 0 Å². The van der Waals surface area contributed by atoms with E-state index in [1.807, 2.05) is 18.2 Å². The number of benzene rings is 2. The molecule has 0 aliphatic carbocycles. The van der Waals surface area contributed by atoms with E-state index in [9.17, 15) is 0 Å². The van der Waals surface area contributed by atoms with Gasteiger partial charge in [-0.3, -0.25) is 0 Å². The number of nitrogens with one attached hydrogen (secondary N) is 1. The summed E-state index contributed by atoms with van der Waals surface area (Å²) in [6, 6.07) is 9.10. The van der Waals surface area contributed by atoms with E-state index in [4.69, 9.17) is 22.1 Å². The van der Waals surface area contributed by atoms with Crippen molar-refractivity contribution in [2.45, 2.75) is 0 Å². The topological polar surface area (TPSA) is 47.3 Å². The first-order valence-corrected chi connectivity index (χ1v) is 7.32. The highest BCUT2D eigenvalue weighted by Gasteiger charge is 2.09. The van der Waals surface area contributed by atoms with Gasteiger partial charge in [-0.15, -0.1) is 0 Å². The molecule has 0 spiro atoms. The molecule has 0 saturated heterocycles. The third-order valence-electron chi connectivity index (χ3n) is 2.52. The molecule has 0 aliphatic heterocycles. The van der Waals surface area contributed by atoms with Gasteiger partial charge in [-0.05, 0) is 56.1 Å². The van der Waals surface area contributed by atoms with Crippen LogP contribution in [0.1, 0.15) is 0 Å². The molecule has 2 aromatic rings. The Hall–Kier alpha value is -0.910. The standard InChI is InChI=1S/C13H11Br2ClN2O/c1-19-13-6-12(8(14)5-9(13)15)18-11-3-2-7(16)4-10(11)17/h2-6,18H,17H2,1H3. The van der Waals surface area contributed by atoms with Gasteiger partial charge in [0.25, 0.3) is 0 Å². The maximum absolute atomic E-state index is 5.92. The molecule has 0 aliphatic rings. The molecule has 0 bridgehead atoms. The molecule has 0 heterocycles. The SMILES string of the molecule is COc1cc(Nc2ccc(Cl)cc2N)c(Br)cc1Br. The molecule has 0 fully saturated rings. The van der Waals surface area contributed by atoms with Gasteiger partial charge < -0.3 is 15.8 Å². The highest BCUT2D eigenvalue weighted by atomic mass is 79.9. The fraction of sp³-hybridized carbons (Fsp3) is 0.0769. The van der Waals surface area contributed by atoms with Gasteiger partial charge in [-0.1, -0.05) is 11.6 Å². The van der Waals surface area contributed by atoms with Crippen molar-refractivity contribution in [3.63, 3.8) is 0 Å². The van der Waals surface area contributed by atoms with Gasteiger partial charge in [0, 0.05) is 15.6 Å². The first-order chi connectivity index (χ1) is 9.01. The molecule has 0 saturated carbocycles. The van der Waals surface area contributed by atoms with Crippen LogP contribution in [0.15, 0.2) is 39.3 Å². The van der Waals surface area contributed by atoms with Crippen molar-refractivity contribution in [2.75, 3.05) is 18.2 Å². The number of methoxy groups -OCH3 is 1. The smallest absolute Gasteiger partial charge is 0.135 e. The predicted octanol–water partition coefficient (Wildman–Crippen LogP) is 5.20. The van der Waals surface area contributed by atoms with Crippen molar-refractivity contribution in [1.82, 2.24) is 0 Å². The van der Waals surface area contributed by atoms with E-state index in [1.54, 1.807) is 19.2 Å². The van der Waals surface area contributed by atoms with Crippen LogP contribution in [0.5, 0.6) is 5.75 Å². The largest absolute Gasteiger partial charge is 0.495 e. The summed E-state index contributed by atoms with van der Waals surface area (Å²) in [6.07, 6.45) is 0. The molecule has 3 N–H and O–H groups in total. The maximum Gasteiger partial charge on any atom is 0.135 e. The number of halogens is 3. The van der Waals surface area contributed by atoms with E-state index in [2.05, 4.69) is 37.2 Å². The number of hydrogen-bond donors (Lipinski definition) is 2. The Morgan fingerprint density at radius 3 is 2.47 bits per heavy atom. The first-order valence-electron chi connectivity index (χ1n) is 5.36. The quantitative estimate of drug-likeness (QED) is 0.689. The van der Waals surface area contributed by atoms with E-state index in [-0.39, 0.29) is 0 Å². The normalized spacial score (nSPS) is 10.3. The monoisotopic (exact) mass is 404 g/mol. The third kappa shape index (κ3) is 3.35. The van der Waals surface area contributed by atoms with Gasteiger partial charge in [0.2, 0.25) is 0 Å². The van der Waals surface area contributed by atoms with Crippen molar-refractivity contribution in [2.24, 2.45) is 0 Å². The molecule has 2 aromatic carbocycles. The van der Waals surface area contributed by atoms with Crippen LogP contribution in [0.4, 0.5) is 17.1 Å². The van der Waals surface area contributed by atoms with Crippen molar-refractivity contribution in [3.05, 3.63) is 44.3 Å². The molecule has 0 radical (unpaired) electrons. The molecule has 0 aromatic heterocycles. The molecular formula is C13H11Br2ClN2O. The number of nitrogens with two attached hydrogens (primary N) is 1. The summed E-state index contributed by atoms with van der Waals surface area (Å²) in [5.41, 5.74) is 8.14. The summed E-state index contributed by atoms with van der Waals surface area (Å²) >= 11 is 12.8. The van der Waals surface area contributed by atoms with E-state index in [0.29, 0.717) is 10.7 Å². The number of ether oxygens (including phenoxy) is 1. The second-order valence-electron chi connectivity index (χ2n) is 3.82. The Labute approximate surface area is 133 Å². The molecule has 0 atom stereocenters. The number of rotatable bonds is 3. The summed E-state index contributed by atoms with van der Waals surface area (Å²) in [5.74, 6) is 0.734. The van der Waals surface area contributed by atoms with Crippen LogP contribution < -0.4 is 15.8 Å². The fourth-order valence-corrected chi connectivity index (χ4v) is 3.01. The van der Waals surface area contributed by atoms with Crippen LogP contribution in [-0.2, 0) is 0 Å². The lowest BCUT2D eigenvalue weighted by Crippen LogP contribution is -1.97. The lowest BCUT2D eigenvalue weighted by molar-refractivity contribution is 0.412. The maximum atomic E-state index is 5.92. The zero-order valence-electron chi connectivity index (χ0n) is 10.0. The lowest BCUT2D eigenvalue weighted by Gasteiger charge is -2.13. The highest BCUT2D eigenvalue weighted by molar-refractivity contribution is 9.11. The van der Waals surface area contributed by atoms with Crippen LogP contribution in [0.2, 0.25) is 5.02 Å². The van der Waals surface area contributed by atoms with Crippen LogP contribution in [0.3, 0.4) is 0 Å². The van der Waals surface area contributed by atoms with Crippen LogP contribution in [-0.4, -0.2) is 7.11 Å². The first kappa shape index (κ1) is 14.5. The summed E-state index contributed by atoms with van der Waals surface area (Å²) in [6.45, 7) is 0. The molecule has 19 heavy (non-hydrogen) atoms. The molecule has 0 amide bonds. The number of anilines is 3. The molecular weight excluding hydrogens is 395 g/mol. The summed E-state index contributed by atoms with van der Waals surface area (Å²) in [4.78, 5) is 0. The zero-order chi connectivity index (χ0) is 14.0. The van der Waals surface area contributed by atoms with Crippen molar-refractivity contribution in [1.29, 1.82) is 0 Å². The molecule has 0 unspecified atom stereocenters. The van der Waals surface area contributed by atoms with Gasteiger partial charge >= 0.3 is 0 Å². The third-order valence-corrected chi connectivity index (χ3v) is 4.04. The van der Waals surface area contributed by atoms with E-state index in [1.165, 1.54) is 0 Å². The average Bonchev–Trinajstić information content (AvgIpc) is 2.35. The predicted molar refractivity (Wildman–Crippen MR) is 87.5 cm³/mol. The summed E-state index contributed by atoms with van der Waals surface area (Å²) < 4.78 is 7.04. The zero-order valence-corrected chi connectivity index (χ0v) is 13.9. The van der Waals surface area contributed by atoms with Gasteiger partial charge in [0.15, 0.2) is 0 Å². The van der Waals surface area contributed by atoms with Gasteiger partial charge in [0.1, 0.15) is 5.75 Å². The Morgan fingerprint density at radius 2 is 1.84 bits per heavy atom. The molecule has 100 valence electrons. The van der Waals surface area contributed by atoms with Crippen LogP contribution in [0, 0.1) is 0 Å². The average molecular weight is 407 g/mol. The summed E-state index contributed by atoms with van der Waals surface area (Å²) in [7, 11) is 1.62. The summed E-state index contributed by atoms with van der Waals surface area (Å²) in [5, 5.41) is 3.85. The number of hydrogen-bond acceptors (Lipinski definition) is 3. The fourth-order valence-electron chi connectivity index (χ4n) is 1.57. The van der Waals surface area contributed by atoms with E-state index >= 15 is 0 Å². The Morgan fingerprint density at radius 1 is 1.11 bits per heavy atom. The second kappa shape index (κ2) is 6.03. The minimum atomic E-state index is 0.585. The van der Waals surface area contributed by atoms with E-state index < -0.39 is 0 Å². The van der Waals surface area contributed by atoms with Crippen LogP contribution >= 0.6 is 43.5 Å². The molecule has 6 heteroatoms. The van der Waals surface area contributed by atoms with E-state index in [0.717, 1.165) is 26.1 Å². The lowest BCUT2D eigenvalue weighted by atomic mass is 10.2. The number of nitrogen functional groups attached to an aromatic ring is 1. The Bertz CT molecular complexity index is 620. The van der Waals surface area contributed by atoms with Crippen molar-refractivity contribution >= 4 is 60.5 Å². The Kier molecular flexibility index (Phi) is 4.60. The Balaban J connectivity index is 2.37. The minimum absolute atomic E-state index is 0.585. The molecule has 2 rings (SSSR count). The van der Waals surface area contributed by atoms with Crippen molar-refractivity contribution in [3.8, 4) is 5.75 Å². The molecule has 3 nitrogen and oxygen atoms in total. The second-order valence-corrected chi connectivity index (χ2v) is 5.97. The minimum Gasteiger partial charge on any atom is -0.495 e. The van der Waals surface area contributed by atoms with Crippen LogP contribution in [0.25, 0.3) is 0 Å². The highest BCUT2D eigenvalue weighted by Crippen LogP contribution is 2.37.